The zero-order chi connectivity index (χ0) is 19.6. The van der Waals surface area contributed by atoms with Crippen molar-refractivity contribution in [2.75, 3.05) is 11.1 Å². The third-order valence-corrected chi connectivity index (χ3v) is 5.51. The molecule has 1 amide bonds. The molecule has 142 valence electrons. The molecule has 0 aliphatic heterocycles. The Hall–Kier alpha value is -3.58. The van der Waals surface area contributed by atoms with Gasteiger partial charge in [-0.2, -0.15) is 0 Å². The van der Waals surface area contributed by atoms with Crippen molar-refractivity contribution in [2.24, 2.45) is 0 Å². The lowest BCUT2D eigenvalue weighted by Crippen LogP contribution is -2.14. The summed E-state index contributed by atoms with van der Waals surface area (Å²) in [5, 5.41) is 12.4. The van der Waals surface area contributed by atoms with E-state index in [1.165, 1.54) is 11.8 Å². The first-order valence-electron chi connectivity index (χ1n) is 9.19. The van der Waals surface area contributed by atoms with Crippen molar-refractivity contribution in [1.29, 1.82) is 0 Å². The molecule has 2 aromatic heterocycles. The minimum absolute atomic E-state index is 0.0789. The van der Waals surface area contributed by atoms with Crippen molar-refractivity contribution in [2.45, 2.75) is 5.16 Å². The standard InChI is InChI=1S/C22H17N5OS/c28-20(23-16-9-3-1-4-10-16)15-29-22-25-24-21-26(17-11-5-2-6-12-17)18-13-7-8-14-19(18)27(21)22/h1-14H,15H2,(H,23,28). The number of thioether (sulfide) groups is 1. The van der Waals surface area contributed by atoms with Crippen LogP contribution < -0.4 is 5.32 Å². The van der Waals surface area contributed by atoms with Crippen molar-refractivity contribution in [1.82, 2.24) is 19.2 Å². The molecule has 2 heterocycles. The highest BCUT2D eigenvalue weighted by molar-refractivity contribution is 7.99. The molecule has 6 nitrogen and oxygen atoms in total. The van der Waals surface area contributed by atoms with Crippen molar-refractivity contribution < 1.29 is 4.79 Å². The van der Waals surface area contributed by atoms with Crippen LogP contribution in [0.1, 0.15) is 0 Å². The molecule has 0 unspecified atom stereocenters. The van der Waals surface area contributed by atoms with Gasteiger partial charge >= 0.3 is 0 Å². The van der Waals surface area contributed by atoms with E-state index in [9.17, 15) is 4.79 Å². The maximum atomic E-state index is 12.3. The summed E-state index contributed by atoms with van der Waals surface area (Å²) in [5.41, 5.74) is 3.84. The lowest BCUT2D eigenvalue weighted by atomic mass is 10.3. The first kappa shape index (κ1) is 17.5. The molecule has 0 fully saturated rings. The molecule has 0 aliphatic carbocycles. The zero-order valence-electron chi connectivity index (χ0n) is 15.4. The summed E-state index contributed by atoms with van der Waals surface area (Å²) in [6, 6.07) is 27.6. The monoisotopic (exact) mass is 399 g/mol. The average molecular weight is 399 g/mol. The van der Waals surface area contributed by atoms with Gasteiger partial charge in [0.1, 0.15) is 0 Å². The number of aromatic nitrogens is 4. The number of benzene rings is 3. The van der Waals surface area contributed by atoms with Gasteiger partial charge in [-0.1, -0.05) is 60.3 Å². The summed E-state index contributed by atoms with van der Waals surface area (Å²) >= 11 is 1.37. The van der Waals surface area contributed by atoms with Crippen molar-refractivity contribution in [3.8, 4) is 5.69 Å². The van der Waals surface area contributed by atoms with Gasteiger partial charge < -0.3 is 5.32 Å². The Balaban J connectivity index is 1.49. The van der Waals surface area contributed by atoms with E-state index < -0.39 is 0 Å². The molecule has 0 aliphatic rings. The van der Waals surface area contributed by atoms with E-state index in [0.717, 1.165) is 28.2 Å². The van der Waals surface area contributed by atoms with Gasteiger partial charge in [0.05, 0.1) is 16.8 Å². The van der Waals surface area contributed by atoms with E-state index in [0.29, 0.717) is 5.16 Å². The molecule has 1 N–H and O–H groups in total. The molecular formula is C22H17N5OS. The van der Waals surface area contributed by atoms with Crippen molar-refractivity contribution >= 4 is 40.2 Å². The van der Waals surface area contributed by atoms with Crippen LogP contribution in [-0.4, -0.2) is 30.8 Å². The Morgan fingerprint density at radius 2 is 1.48 bits per heavy atom. The maximum Gasteiger partial charge on any atom is 0.241 e. The molecule has 0 spiro atoms. The number of nitrogens with zero attached hydrogens (tertiary/aromatic N) is 4. The minimum Gasteiger partial charge on any atom is -0.325 e. The molecule has 5 aromatic rings. The summed E-state index contributed by atoms with van der Waals surface area (Å²) < 4.78 is 4.08. The molecule has 0 saturated heterocycles. The fraction of sp³-hybridized carbons (Fsp3) is 0.0455. The fourth-order valence-electron chi connectivity index (χ4n) is 3.34. The maximum absolute atomic E-state index is 12.3. The van der Waals surface area contributed by atoms with E-state index in [2.05, 4.69) is 26.1 Å². The van der Waals surface area contributed by atoms with Gasteiger partial charge in [-0.3, -0.25) is 13.8 Å². The Labute approximate surface area is 171 Å². The highest BCUT2D eigenvalue weighted by Gasteiger charge is 2.18. The van der Waals surface area contributed by atoms with Crippen LogP contribution in [0.2, 0.25) is 0 Å². The zero-order valence-corrected chi connectivity index (χ0v) is 16.2. The topological polar surface area (TPSA) is 64.2 Å². The largest absolute Gasteiger partial charge is 0.325 e. The van der Waals surface area contributed by atoms with E-state index in [1.54, 1.807) is 0 Å². The van der Waals surface area contributed by atoms with Crippen molar-refractivity contribution in [3.63, 3.8) is 0 Å². The summed E-state index contributed by atoms with van der Waals surface area (Å²) in [6.45, 7) is 0. The summed E-state index contributed by atoms with van der Waals surface area (Å²) in [4.78, 5) is 12.3. The predicted octanol–water partition coefficient (Wildman–Crippen LogP) is 4.40. The number of fused-ring (bicyclic) bond motifs is 3. The first-order chi connectivity index (χ1) is 14.3. The van der Waals surface area contributed by atoms with Gasteiger partial charge in [0.25, 0.3) is 0 Å². The third kappa shape index (κ3) is 3.25. The Bertz CT molecular complexity index is 1290. The van der Waals surface area contributed by atoms with Crippen LogP contribution in [0.25, 0.3) is 22.5 Å². The molecule has 3 aromatic carbocycles. The Morgan fingerprint density at radius 1 is 0.828 bits per heavy atom. The molecule has 0 radical (unpaired) electrons. The van der Waals surface area contributed by atoms with Gasteiger partial charge in [0, 0.05) is 11.4 Å². The third-order valence-electron chi connectivity index (χ3n) is 4.58. The number of imidazole rings is 1. The number of carbonyl (C=O) groups is 1. The number of hydrogen-bond donors (Lipinski definition) is 1. The lowest BCUT2D eigenvalue weighted by Gasteiger charge is -2.03. The van der Waals surface area contributed by atoms with Crippen LogP contribution >= 0.6 is 11.8 Å². The number of rotatable bonds is 5. The summed E-state index contributed by atoms with van der Waals surface area (Å²) in [5.74, 6) is 0.897. The number of para-hydroxylation sites is 4. The second-order valence-electron chi connectivity index (χ2n) is 6.48. The van der Waals surface area contributed by atoms with Gasteiger partial charge in [-0.25, -0.2) is 0 Å². The molecule has 7 heteroatoms. The number of amides is 1. The summed E-state index contributed by atoms with van der Waals surface area (Å²) in [7, 11) is 0. The first-order valence-corrected chi connectivity index (χ1v) is 10.2. The molecule has 0 saturated carbocycles. The predicted molar refractivity (Wildman–Crippen MR) is 116 cm³/mol. The quantitative estimate of drug-likeness (QED) is 0.445. The molecular weight excluding hydrogens is 382 g/mol. The Kier molecular flexibility index (Phi) is 4.50. The van der Waals surface area contributed by atoms with Gasteiger partial charge in [-0.05, 0) is 36.4 Å². The normalized spacial score (nSPS) is 11.2. The highest BCUT2D eigenvalue weighted by Crippen LogP contribution is 2.28. The van der Waals surface area contributed by atoms with E-state index in [1.807, 2.05) is 83.3 Å². The van der Waals surface area contributed by atoms with E-state index in [4.69, 9.17) is 0 Å². The van der Waals surface area contributed by atoms with E-state index in [-0.39, 0.29) is 11.7 Å². The molecule has 29 heavy (non-hydrogen) atoms. The van der Waals surface area contributed by atoms with Crippen LogP contribution in [0.4, 0.5) is 5.69 Å². The fourth-order valence-corrected chi connectivity index (χ4v) is 4.08. The second-order valence-corrected chi connectivity index (χ2v) is 7.42. The summed E-state index contributed by atoms with van der Waals surface area (Å²) in [6.07, 6.45) is 0. The van der Waals surface area contributed by atoms with Crippen LogP contribution in [0.3, 0.4) is 0 Å². The number of anilines is 1. The molecule has 0 atom stereocenters. The van der Waals surface area contributed by atoms with Crippen LogP contribution in [0, 0.1) is 0 Å². The Morgan fingerprint density at radius 3 is 2.24 bits per heavy atom. The van der Waals surface area contributed by atoms with Crippen LogP contribution in [0.15, 0.2) is 90.1 Å². The molecule has 5 rings (SSSR count). The minimum atomic E-state index is -0.0789. The molecule has 0 bridgehead atoms. The number of nitrogens with one attached hydrogen (secondary N) is 1. The lowest BCUT2D eigenvalue weighted by molar-refractivity contribution is -0.113. The number of carbonyl (C=O) groups excluding carboxylic acids is 1. The smallest absolute Gasteiger partial charge is 0.241 e. The van der Waals surface area contributed by atoms with Crippen molar-refractivity contribution in [3.05, 3.63) is 84.9 Å². The highest BCUT2D eigenvalue weighted by atomic mass is 32.2. The second kappa shape index (κ2) is 7.44. The van der Waals surface area contributed by atoms with Gasteiger partial charge in [0.2, 0.25) is 11.7 Å². The van der Waals surface area contributed by atoms with Gasteiger partial charge in [-0.15, -0.1) is 10.2 Å². The SMILES string of the molecule is O=C(CSc1nnc2n(-c3ccccc3)c3ccccc3n12)Nc1ccccc1. The average Bonchev–Trinajstić information content (AvgIpc) is 3.32. The van der Waals surface area contributed by atoms with Crippen LogP contribution in [-0.2, 0) is 4.79 Å². The number of hydrogen-bond acceptors (Lipinski definition) is 4. The van der Waals surface area contributed by atoms with E-state index >= 15 is 0 Å². The van der Waals surface area contributed by atoms with Gasteiger partial charge in [0.15, 0.2) is 5.16 Å². The van der Waals surface area contributed by atoms with Crippen LogP contribution in [0.5, 0.6) is 0 Å².